The van der Waals surface area contributed by atoms with Crippen molar-refractivity contribution in [3.63, 3.8) is 0 Å². The van der Waals surface area contributed by atoms with E-state index in [1.54, 1.807) is 12.4 Å². The molecule has 6 heteroatoms. The van der Waals surface area contributed by atoms with Crippen LogP contribution in [0.1, 0.15) is 28.9 Å². The van der Waals surface area contributed by atoms with E-state index in [1.165, 1.54) is 17.8 Å². The number of rotatable bonds is 2. The summed E-state index contributed by atoms with van der Waals surface area (Å²) in [6.45, 7) is 3.67. The second-order valence-electron chi connectivity index (χ2n) is 6.53. The highest BCUT2D eigenvalue weighted by Gasteiger charge is 2.43. The first-order valence-corrected chi connectivity index (χ1v) is 8.99. The molecule has 0 bridgehead atoms. The number of carbonyl (C=O) groups is 1. The molecule has 2 aliphatic heterocycles. The third kappa shape index (κ3) is 2.83. The maximum atomic E-state index is 12.6. The van der Waals surface area contributed by atoms with Crippen LogP contribution >= 0.6 is 11.3 Å². The molecule has 4 heterocycles. The van der Waals surface area contributed by atoms with Crippen LogP contribution in [0.4, 0.5) is 5.95 Å². The number of nitrogens with zero attached hydrogens (tertiary/aromatic N) is 4. The molecule has 2 aromatic rings. The van der Waals surface area contributed by atoms with Gasteiger partial charge in [-0.25, -0.2) is 9.97 Å². The first-order valence-electron chi connectivity index (χ1n) is 8.11. The van der Waals surface area contributed by atoms with Gasteiger partial charge in [0.25, 0.3) is 5.91 Å². The van der Waals surface area contributed by atoms with Crippen molar-refractivity contribution >= 4 is 23.2 Å². The van der Waals surface area contributed by atoms with Crippen molar-refractivity contribution < 1.29 is 4.79 Å². The zero-order valence-corrected chi connectivity index (χ0v) is 13.8. The van der Waals surface area contributed by atoms with Crippen LogP contribution < -0.4 is 4.90 Å². The summed E-state index contributed by atoms with van der Waals surface area (Å²) in [5.41, 5.74) is 0.199. The maximum absolute atomic E-state index is 12.6. The quantitative estimate of drug-likeness (QED) is 0.850. The van der Waals surface area contributed by atoms with Gasteiger partial charge in [0.2, 0.25) is 5.95 Å². The van der Waals surface area contributed by atoms with Gasteiger partial charge in [0.05, 0.1) is 4.88 Å². The average molecular weight is 328 g/mol. The van der Waals surface area contributed by atoms with Gasteiger partial charge in [-0.15, -0.1) is 11.3 Å². The molecule has 2 fully saturated rings. The van der Waals surface area contributed by atoms with Gasteiger partial charge in [0, 0.05) is 44.0 Å². The zero-order chi connectivity index (χ0) is 15.7. The molecule has 2 aromatic heterocycles. The Morgan fingerprint density at radius 2 is 2.00 bits per heavy atom. The van der Waals surface area contributed by atoms with Crippen molar-refractivity contribution in [1.29, 1.82) is 0 Å². The molecule has 0 aliphatic carbocycles. The van der Waals surface area contributed by atoms with Gasteiger partial charge in [-0.2, -0.15) is 0 Å². The zero-order valence-electron chi connectivity index (χ0n) is 13.0. The number of piperidine rings is 1. The maximum Gasteiger partial charge on any atom is 0.263 e. The predicted molar refractivity (Wildman–Crippen MR) is 90.8 cm³/mol. The Bertz CT molecular complexity index is 675. The fraction of sp³-hybridized carbons (Fsp3) is 0.471. The van der Waals surface area contributed by atoms with Gasteiger partial charge in [-0.1, -0.05) is 6.07 Å². The molecule has 0 N–H and O–H groups in total. The predicted octanol–water partition coefficient (Wildman–Crippen LogP) is 2.67. The van der Waals surface area contributed by atoms with Gasteiger partial charge in [-0.05, 0) is 36.8 Å². The summed E-state index contributed by atoms with van der Waals surface area (Å²) < 4.78 is 0. The third-order valence-corrected chi connectivity index (χ3v) is 5.81. The molecule has 1 unspecified atom stereocenters. The van der Waals surface area contributed by atoms with Crippen molar-refractivity contribution in [2.24, 2.45) is 5.41 Å². The Kier molecular flexibility index (Phi) is 3.77. The Labute approximate surface area is 140 Å². The number of aromatic nitrogens is 2. The minimum absolute atomic E-state index is 0.185. The molecule has 1 amide bonds. The first kappa shape index (κ1) is 14.6. The number of hydrogen-bond acceptors (Lipinski definition) is 5. The molecule has 120 valence electrons. The fourth-order valence-electron chi connectivity index (χ4n) is 3.83. The van der Waals surface area contributed by atoms with E-state index < -0.39 is 0 Å². The molecular formula is C17H20N4OS. The molecule has 0 saturated carbocycles. The molecule has 2 aliphatic rings. The van der Waals surface area contributed by atoms with E-state index in [0.29, 0.717) is 0 Å². The van der Waals surface area contributed by atoms with Gasteiger partial charge in [-0.3, -0.25) is 4.79 Å². The Morgan fingerprint density at radius 1 is 1.13 bits per heavy atom. The monoisotopic (exact) mass is 328 g/mol. The topological polar surface area (TPSA) is 49.3 Å². The van der Waals surface area contributed by atoms with E-state index in [4.69, 9.17) is 0 Å². The minimum Gasteiger partial charge on any atom is -0.340 e. The van der Waals surface area contributed by atoms with E-state index in [0.717, 1.165) is 49.8 Å². The summed E-state index contributed by atoms with van der Waals surface area (Å²) in [6, 6.07) is 5.71. The Morgan fingerprint density at radius 3 is 2.78 bits per heavy atom. The highest BCUT2D eigenvalue weighted by atomic mass is 32.1. The standard InChI is InChI=1S/C17H20N4OS/c22-15(14-4-1-11-23-14)20-10-6-17(12-20)5-2-9-21(13-17)16-18-7-3-8-19-16/h1,3-4,7-8,11H,2,5-6,9-10,12-13H2. The van der Waals surface area contributed by atoms with Crippen molar-refractivity contribution in [3.8, 4) is 0 Å². The summed E-state index contributed by atoms with van der Waals surface area (Å²) in [6.07, 6.45) is 6.99. The SMILES string of the molecule is O=C(c1cccs1)N1CCC2(CCCN(c3ncccn3)C2)C1. The van der Waals surface area contributed by atoms with Crippen molar-refractivity contribution in [2.75, 3.05) is 31.1 Å². The van der Waals surface area contributed by atoms with Gasteiger partial charge in [0.15, 0.2) is 0 Å². The summed E-state index contributed by atoms with van der Waals surface area (Å²) >= 11 is 1.53. The summed E-state index contributed by atoms with van der Waals surface area (Å²) in [5.74, 6) is 1.000. The van der Waals surface area contributed by atoms with Crippen LogP contribution in [0.3, 0.4) is 0 Å². The molecule has 1 atom stereocenters. The van der Waals surface area contributed by atoms with Crippen LogP contribution in [0.5, 0.6) is 0 Å². The van der Waals surface area contributed by atoms with Crippen LogP contribution in [-0.4, -0.2) is 47.0 Å². The number of hydrogen-bond donors (Lipinski definition) is 0. The third-order valence-electron chi connectivity index (χ3n) is 4.95. The van der Waals surface area contributed by atoms with E-state index in [9.17, 15) is 4.79 Å². The second-order valence-corrected chi connectivity index (χ2v) is 7.48. The minimum atomic E-state index is 0.185. The number of amides is 1. The van der Waals surface area contributed by atoms with E-state index in [1.807, 2.05) is 28.5 Å². The average Bonchev–Trinajstić information content (AvgIpc) is 3.26. The summed E-state index contributed by atoms with van der Waals surface area (Å²) in [7, 11) is 0. The largest absolute Gasteiger partial charge is 0.340 e. The lowest BCUT2D eigenvalue weighted by atomic mass is 9.79. The molecule has 2 saturated heterocycles. The van der Waals surface area contributed by atoms with Crippen LogP contribution in [0.2, 0.25) is 0 Å². The van der Waals surface area contributed by atoms with Gasteiger partial charge in [0.1, 0.15) is 0 Å². The lowest BCUT2D eigenvalue weighted by molar-refractivity contribution is 0.0772. The van der Waals surface area contributed by atoms with E-state index in [-0.39, 0.29) is 11.3 Å². The molecular weight excluding hydrogens is 308 g/mol. The summed E-state index contributed by atoms with van der Waals surface area (Å²) in [4.78, 5) is 26.5. The van der Waals surface area contributed by atoms with Gasteiger partial charge < -0.3 is 9.80 Å². The smallest absolute Gasteiger partial charge is 0.263 e. The number of thiophene rings is 1. The number of likely N-dealkylation sites (tertiary alicyclic amines) is 1. The van der Waals surface area contributed by atoms with Crippen LogP contribution in [0, 0.1) is 5.41 Å². The molecule has 0 radical (unpaired) electrons. The molecule has 0 aromatic carbocycles. The fourth-order valence-corrected chi connectivity index (χ4v) is 4.52. The molecule has 1 spiro atoms. The first-order chi connectivity index (χ1) is 11.3. The van der Waals surface area contributed by atoms with Crippen molar-refractivity contribution in [1.82, 2.24) is 14.9 Å². The number of anilines is 1. The summed E-state index contributed by atoms with van der Waals surface area (Å²) in [5, 5.41) is 1.97. The lowest BCUT2D eigenvalue weighted by Crippen LogP contribution is -2.46. The molecule has 4 rings (SSSR count). The molecule has 5 nitrogen and oxygen atoms in total. The van der Waals surface area contributed by atoms with Crippen LogP contribution in [0.25, 0.3) is 0 Å². The highest BCUT2D eigenvalue weighted by Crippen LogP contribution is 2.40. The normalized spacial score (nSPS) is 24.3. The highest BCUT2D eigenvalue weighted by molar-refractivity contribution is 7.12. The van der Waals surface area contributed by atoms with Crippen molar-refractivity contribution in [2.45, 2.75) is 19.3 Å². The molecule has 23 heavy (non-hydrogen) atoms. The van der Waals surface area contributed by atoms with Crippen LogP contribution in [-0.2, 0) is 0 Å². The van der Waals surface area contributed by atoms with E-state index in [2.05, 4.69) is 14.9 Å². The lowest BCUT2D eigenvalue weighted by Gasteiger charge is -2.40. The Hall–Kier alpha value is -1.95. The second kappa shape index (κ2) is 5.92. The van der Waals surface area contributed by atoms with Crippen molar-refractivity contribution in [3.05, 3.63) is 40.8 Å². The Balaban J connectivity index is 1.48. The van der Waals surface area contributed by atoms with Crippen LogP contribution in [0.15, 0.2) is 36.0 Å². The van der Waals surface area contributed by atoms with E-state index >= 15 is 0 Å². The number of carbonyl (C=O) groups excluding carboxylic acids is 1. The van der Waals surface area contributed by atoms with Gasteiger partial charge >= 0.3 is 0 Å².